The van der Waals surface area contributed by atoms with Gasteiger partial charge in [-0.1, -0.05) is 6.08 Å². The van der Waals surface area contributed by atoms with Crippen molar-refractivity contribution in [1.82, 2.24) is 5.32 Å². The van der Waals surface area contributed by atoms with Gasteiger partial charge < -0.3 is 10.1 Å². The van der Waals surface area contributed by atoms with Crippen LogP contribution < -0.4 is 5.32 Å². The van der Waals surface area contributed by atoms with Gasteiger partial charge in [-0.15, -0.1) is 6.58 Å². The molecule has 0 spiro atoms. The summed E-state index contributed by atoms with van der Waals surface area (Å²) >= 11 is 0. The van der Waals surface area contributed by atoms with Crippen molar-refractivity contribution < 1.29 is 9.53 Å². The van der Waals surface area contributed by atoms with E-state index in [4.69, 9.17) is 10.1 Å². The van der Waals surface area contributed by atoms with Crippen LogP contribution >= 0.6 is 0 Å². The van der Waals surface area contributed by atoms with E-state index in [9.17, 15) is 4.79 Å². The Labute approximate surface area is 72.1 Å². The molecule has 0 rings (SSSR count). The second kappa shape index (κ2) is 6.39. The fourth-order valence-electron chi connectivity index (χ4n) is 0.620. The molecule has 1 amide bonds. The summed E-state index contributed by atoms with van der Waals surface area (Å²) in [6.07, 6.45) is 1.59. The third kappa shape index (κ3) is 5.46. The van der Waals surface area contributed by atoms with Gasteiger partial charge in [0, 0.05) is 6.54 Å². The molecule has 0 bridgehead atoms. The fraction of sp³-hybridized carbons (Fsp3) is 0.500. The normalized spacial score (nSPS) is 8.75. The van der Waals surface area contributed by atoms with Crippen molar-refractivity contribution in [2.45, 2.75) is 13.3 Å². The maximum absolute atomic E-state index is 10.9. The molecule has 12 heavy (non-hydrogen) atoms. The van der Waals surface area contributed by atoms with E-state index in [0.29, 0.717) is 13.2 Å². The summed E-state index contributed by atoms with van der Waals surface area (Å²) in [5, 5.41) is 9.69. The summed E-state index contributed by atoms with van der Waals surface area (Å²) in [6, 6.07) is 0. The van der Waals surface area contributed by atoms with Crippen LogP contribution in [0.2, 0.25) is 0 Å². The van der Waals surface area contributed by atoms with Gasteiger partial charge in [0.2, 0.25) is 5.91 Å². The third-order valence-electron chi connectivity index (χ3n) is 1.08. The average Bonchev–Trinajstić information content (AvgIpc) is 2.01. The van der Waals surface area contributed by atoms with Gasteiger partial charge >= 0.3 is 0 Å². The molecule has 0 heterocycles. The zero-order valence-electron chi connectivity index (χ0n) is 7.22. The van der Waals surface area contributed by atoms with Gasteiger partial charge in [0.05, 0.1) is 6.61 Å². The van der Waals surface area contributed by atoms with Crippen molar-refractivity contribution in [1.29, 1.82) is 5.41 Å². The van der Waals surface area contributed by atoms with Gasteiger partial charge in [-0.2, -0.15) is 0 Å². The molecule has 0 atom stereocenters. The minimum atomic E-state index is -0.214. The van der Waals surface area contributed by atoms with E-state index in [1.54, 1.807) is 13.0 Å². The molecule has 0 saturated carbocycles. The van der Waals surface area contributed by atoms with Crippen LogP contribution in [0.25, 0.3) is 0 Å². The van der Waals surface area contributed by atoms with E-state index in [2.05, 4.69) is 11.9 Å². The molecule has 0 aliphatic heterocycles. The zero-order chi connectivity index (χ0) is 9.40. The first-order chi connectivity index (χ1) is 5.70. The Morgan fingerprint density at radius 2 is 2.42 bits per heavy atom. The number of amides is 1. The minimum Gasteiger partial charge on any atom is -0.481 e. The van der Waals surface area contributed by atoms with Crippen molar-refractivity contribution in [3.05, 3.63) is 12.7 Å². The number of hydrogen-bond acceptors (Lipinski definition) is 3. The molecule has 0 aliphatic rings. The molecule has 4 heteroatoms. The minimum absolute atomic E-state index is 0.000868. The Hall–Kier alpha value is -1.32. The van der Waals surface area contributed by atoms with Crippen molar-refractivity contribution >= 4 is 11.8 Å². The Kier molecular flexibility index (Phi) is 5.69. The number of carbonyl (C=O) groups is 1. The second-order valence-electron chi connectivity index (χ2n) is 2.13. The van der Waals surface area contributed by atoms with Gasteiger partial charge in [0.1, 0.15) is 6.42 Å². The number of rotatable bonds is 5. The van der Waals surface area contributed by atoms with Crippen LogP contribution in [0.15, 0.2) is 12.7 Å². The molecule has 4 nitrogen and oxygen atoms in total. The highest BCUT2D eigenvalue weighted by Gasteiger charge is 2.04. The van der Waals surface area contributed by atoms with Gasteiger partial charge in [-0.25, -0.2) is 0 Å². The SMILES string of the molecule is C=CCNC(=O)CC(=N)OCC. The van der Waals surface area contributed by atoms with Gasteiger partial charge in [0.25, 0.3) is 0 Å². The summed E-state index contributed by atoms with van der Waals surface area (Å²) in [6.45, 7) is 6.08. The van der Waals surface area contributed by atoms with E-state index in [1.807, 2.05) is 0 Å². The van der Waals surface area contributed by atoms with Gasteiger partial charge in [0.15, 0.2) is 5.90 Å². The molecule has 0 fully saturated rings. The average molecular weight is 170 g/mol. The number of nitrogens with one attached hydrogen (secondary N) is 2. The first kappa shape index (κ1) is 10.7. The molecule has 0 unspecified atom stereocenters. The quantitative estimate of drug-likeness (QED) is 0.362. The summed E-state index contributed by atoms with van der Waals surface area (Å²) < 4.78 is 4.79. The van der Waals surface area contributed by atoms with E-state index in [1.165, 1.54) is 0 Å². The summed E-state index contributed by atoms with van der Waals surface area (Å²) in [7, 11) is 0. The highest BCUT2D eigenvalue weighted by molar-refractivity contribution is 5.95. The van der Waals surface area contributed by atoms with Crippen molar-refractivity contribution in [2.24, 2.45) is 0 Å². The largest absolute Gasteiger partial charge is 0.481 e. The monoisotopic (exact) mass is 170 g/mol. The van der Waals surface area contributed by atoms with E-state index in [-0.39, 0.29) is 18.2 Å². The standard InChI is InChI=1S/C8H14N2O2/c1-3-5-10-8(11)6-7(9)12-4-2/h3,9H,1,4-6H2,2H3,(H,10,11). The van der Waals surface area contributed by atoms with Crippen LogP contribution in [0.4, 0.5) is 0 Å². The van der Waals surface area contributed by atoms with Crippen LogP contribution in [0, 0.1) is 5.41 Å². The predicted octanol–water partition coefficient (Wildman–Crippen LogP) is 0.692. The van der Waals surface area contributed by atoms with Crippen LogP contribution in [0.1, 0.15) is 13.3 Å². The predicted molar refractivity (Wildman–Crippen MR) is 47.2 cm³/mol. The first-order valence-electron chi connectivity index (χ1n) is 3.78. The molecule has 0 radical (unpaired) electrons. The summed E-state index contributed by atoms with van der Waals surface area (Å²) in [5.41, 5.74) is 0. The van der Waals surface area contributed by atoms with E-state index < -0.39 is 0 Å². The molecule has 0 aromatic heterocycles. The zero-order valence-corrected chi connectivity index (χ0v) is 7.22. The number of ether oxygens (including phenoxy) is 1. The Bertz CT molecular complexity index is 178. The van der Waals surface area contributed by atoms with E-state index >= 15 is 0 Å². The lowest BCUT2D eigenvalue weighted by Gasteiger charge is -2.04. The Morgan fingerprint density at radius 3 is 2.92 bits per heavy atom. The Balaban J connectivity index is 3.54. The highest BCUT2D eigenvalue weighted by Crippen LogP contribution is 1.86. The van der Waals surface area contributed by atoms with Crippen molar-refractivity contribution in [3.63, 3.8) is 0 Å². The van der Waals surface area contributed by atoms with Crippen LogP contribution in [0.5, 0.6) is 0 Å². The van der Waals surface area contributed by atoms with Crippen molar-refractivity contribution in [2.75, 3.05) is 13.2 Å². The molecule has 2 N–H and O–H groups in total. The number of carbonyl (C=O) groups excluding carboxylic acids is 1. The molecule has 0 aromatic carbocycles. The fourth-order valence-corrected chi connectivity index (χ4v) is 0.620. The molecule has 68 valence electrons. The maximum atomic E-state index is 10.9. The topological polar surface area (TPSA) is 62.2 Å². The van der Waals surface area contributed by atoms with Crippen LogP contribution in [-0.4, -0.2) is 25.0 Å². The summed E-state index contributed by atoms with van der Waals surface area (Å²) in [5.74, 6) is -0.215. The van der Waals surface area contributed by atoms with Gasteiger partial charge in [-0.05, 0) is 6.92 Å². The molecule has 0 aromatic rings. The third-order valence-corrected chi connectivity index (χ3v) is 1.08. The molecular formula is C8H14N2O2. The smallest absolute Gasteiger partial charge is 0.229 e. The van der Waals surface area contributed by atoms with Crippen LogP contribution in [0.3, 0.4) is 0 Å². The maximum Gasteiger partial charge on any atom is 0.229 e. The summed E-state index contributed by atoms with van der Waals surface area (Å²) in [4.78, 5) is 10.9. The number of hydrogen-bond donors (Lipinski definition) is 2. The lowest BCUT2D eigenvalue weighted by molar-refractivity contribution is -0.119. The highest BCUT2D eigenvalue weighted by atomic mass is 16.5. The first-order valence-corrected chi connectivity index (χ1v) is 3.78. The van der Waals surface area contributed by atoms with Crippen LogP contribution in [-0.2, 0) is 9.53 Å². The lowest BCUT2D eigenvalue weighted by Crippen LogP contribution is -2.26. The van der Waals surface area contributed by atoms with Crippen molar-refractivity contribution in [3.8, 4) is 0 Å². The molecule has 0 saturated heterocycles. The Morgan fingerprint density at radius 1 is 1.75 bits per heavy atom. The molecule has 0 aliphatic carbocycles. The van der Waals surface area contributed by atoms with Gasteiger partial charge in [-0.3, -0.25) is 10.2 Å². The second-order valence-corrected chi connectivity index (χ2v) is 2.13. The molecular weight excluding hydrogens is 156 g/mol. The van der Waals surface area contributed by atoms with E-state index in [0.717, 1.165) is 0 Å². The lowest BCUT2D eigenvalue weighted by atomic mass is 10.4.